The lowest BCUT2D eigenvalue weighted by Gasteiger charge is -2.37. The summed E-state index contributed by atoms with van der Waals surface area (Å²) in [7, 11) is 0. The van der Waals surface area contributed by atoms with Gasteiger partial charge in [0, 0.05) is 25.0 Å². The number of aryl methyl sites for hydroxylation is 2. The Hall–Kier alpha value is -2.26. The highest BCUT2D eigenvalue weighted by Crippen LogP contribution is 2.49. The predicted octanol–water partition coefficient (Wildman–Crippen LogP) is 3.32. The second-order valence-corrected chi connectivity index (χ2v) is 7.68. The molecular weight excluding hydrogens is 340 g/mol. The second-order valence-electron chi connectivity index (χ2n) is 7.30. The number of carbonyl (C=O) groups excluding carboxylic acids is 1. The highest BCUT2D eigenvalue weighted by molar-refractivity contribution is 6.32. The number of nitrogens with two attached hydrogens (primary N) is 1. The Kier molecular flexibility index (Phi) is 4.16. The van der Waals surface area contributed by atoms with E-state index in [1.54, 1.807) is 11.6 Å². The van der Waals surface area contributed by atoms with Gasteiger partial charge in [-0.3, -0.25) is 9.48 Å². The van der Waals surface area contributed by atoms with Crippen LogP contribution < -0.4 is 5.73 Å². The number of rotatable bonds is 2. The molecule has 2 heterocycles. The van der Waals surface area contributed by atoms with Gasteiger partial charge in [-0.25, -0.2) is 0 Å². The van der Waals surface area contributed by atoms with E-state index in [0.717, 1.165) is 0 Å². The van der Waals surface area contributed by atoms with Crippen LogP contribution in [0.1, 0.15) is 50.9 Å². The molecule has 0 spiro atoms. The summed E-state index contributed by atoms with van der Waals surface area (Å²) in [5.74, 6) is -0.0882. The molecule has 25 heavy (non-hydrogen) atoms. The summed E-state index contributed by atoms with van der Waals surface area (Å²) in [6.07, 6.45) is 0.974. The molecule has 1 aromatic heterocycles. The molecule has 7 heteroatoms. The maximum Gasteiger partial charge on any atom is 0.205 e. The number of aromatic nitrogens is 2. The van der Waals surface area contributed by atoms with Gasteiger partial charge >= 0.3 is 0 Å². The number of carbonyl (C=O) groups is 1. The van der Waals surface area contributed by atoms with E-state index in [9.17, 15) is 10.1 Å². The number of halogens is 1. The Labute approximate surface area is 151 Å². The van der Waals surface area contributed by atoms with Gasteiger partial charge in [0.15, 0.2) is 5.78 Å². The highest BCUT2D eigenvalue weighted by atomic mass is 35.5. The minimum atomic E-state index is -0.633. The van der Waals surface area contributed by atoms with Crippen LogP contribution in [0.3, 0.4) is 0 Å². The zero-order chi connectivity index (χ0) is 18.5. The molecule has 0 saturated carbocycles. The van der Waals surface area contributed by atoms with E-state index in [-0.39, 0.29) is 22.7 Å². The van der Waals surface area contributed by atoms with Crippen molar-refractivity contribution in [3.05, 3.63) is 39.2 Å². The van der Waals surface area contributed by atoms with Crippen LogP contribution in [0.25, 0.3) is 0 Å². The number of nitriles is 1. The van der Waals surface area contributed by atoms with Crippen molar-refractivity contribution in [1.82, 2.24) is 9.78 Å². The molecule has 1 aromatic rings. The van der Waals surface area contributed by atoms with Gasteiger partial charge < -0.3 is 10.5 Å². The number of Topliss-reactive ketones (excluding diaryl/α,β-unsaturated/α-hetero) is 1. The molecule has 2 N–H and O–H groups in total. The zero-order valence-corrected chi connectivity index (χ0v) is 15.6. The van der Waals surface area contributed by atoms with Crippen molar-refractivity contribution in [2.24, 2.45) is 11.1 Å². The zero-order valence-electron chi connectivity index (χ0n) is 14.8. The molecule has 0 saturated heterocycles. The first kappa shape index (κ1) is 17.6. The molecular formula is C18H21ClN4O2. The lowest BCUT2D eigenvalue weighted by Crippen LogP contribution is -2.34. The first-order valence-corrected chi connectivity index (χ1v) is 8.64. The molecule has 0 radical (unpaired) electrons. The molecule has 0 unspecified atom stereocenters. The third-order valence-electron chi connectivity index (χ3n) is 4.74. The number of ether oxygens (including phenoxy) is 1. The molecule has 0 aromatic carbocycles. The van der Waals surface area contributed by atoms with Gasteiger partial charge in [-0.15, -0.1) is 0 Å². The number of nitrogens with zero attached hydrogens (tertiary/aromatic N) is 3. The number of hydrogen-bond acceptors (Lipinski definition) is 5. The van der Waals surface area contributed by atoms with Gasteiger partial charge in [0.2, 0.25) is 5.88 Å². The van der Waals surface area contributed by atoms with Gasteiger partial charge in [-0.05, 0) is 19.3 Å². The largest absolute Gasteiger partial charge is 0.444 e. The van der Waals surface area contributed by atoms with Crippen LogP contribution in [-0.4, -0.2) is 15.6 Å². The van der Waals surface area contributed by atoms with Crippen molar-refractivity contribution in [2.75, 3.05) is 0 Å². The Balaban J connectivity index is 2.28. The van der Waals surface area contributed by atoms with Crippen molar-refractivity contribution >= 4 is 17.4 Å². The molecule has 1 aliphatic heterocycles. The summed E-state index contributed by atoms with van der Waals surface area (Å²) in [5.41, 5.74) is 7.80. The Morgan fingerprint density at radius 1 is 1.48 bits per heavy atom. The number of allylic oxidation sites excluding steroid dienone is 3. The van der Waals surface area contributed by atoms with Crippen molar-refractivity contribution < 1.29 is 9.53 Å². The molecule has 6 nitrogen and oxygen atoms in total. The minimum Gasteiger partial charge on any atom is -0.444 e. The quantitative estimate of drug-likeness (QED) is 0.873. The molecule has 3 rings (SSSR count). The normalized spacial score (nSPS) is 22.6. The van der Waals surface area contributed by atoms with E-state index in [4.69, 9.17) is 22.1 Å². The van der Waals surface area contributed by atoms with Crippen molar-refractivity contribution in [3.63, 3.8) is 0 Å². The van der Waals surface area contributed by atoms with Gasteiger partial charge in [0.25, 0.3) is 0 Å². The van der Waals surface area contributed by atoms with E-state index < -0.39 is 5.92 Å². The lowest BCUT2D eigenvalue weighted by atomic mass is 9.71. The Morgan fingerprint density at radius 3 is 2.76 bits per heavy atom. The van der Waals surface area contributed by atoms with E-state index >= 15 is 0 Å². The Bertz CT molecular complexity index is 870. The summed E-state index contributed by atoms with van der Waals surface area (Å²) >= 11 is 6.50. The first-order valence-electron chi connectivity index (χ1n) is 8.26. The minimum absolute atomic E-state index is 0.0333. The van der Waals surface area contributed by atoms with Crippen LogP contribution >= 0.6 is 11.6 Å². The van der Waals surface area contributed by atoms with Crippen LogP contribution in [-0.2, 0) is 16.1 Å². The van der Waals surface area contributed by atoms with Crippen LogP contribution in [0.4, 0.5) is 0 Å². The van der Waals surface area contributed by atoms with Gasteiger partial charge in [-0.1, -0.05) is 25.4 Å². The van der Waals surface area contributed by atoms with Crippen LogP contribution in [0.15, 0.2) is 22.8 Å². The SMILES string of the molecule is CCn1nc(C)c(Cl)c1[C@H]1C(C#N)=C(N)OC2=C1C(=O)CC(C)(C)C2. The van der Waals surface area contributed by atoms with E-state index in [2.05, 4.69) is 11.2 Å². The number of hydrogen-bond donors (Lipinski definition) is 1. The molecule has 1 aliphatic carbocycles. The van der Waals surface area contributed by atoms with Gasteiger partial charge in [-0.2, -0.15) is 10.4 Å². The third kappa shape index (κ3) is 2.73. The fourth-order valence-electron chi connectivity index (χ4n) is 3.65. The first-order chi connectivity index (χ1) is 11.7. The summed E-state index contributed by atoms with van der Waals surface area (Å²) in [6.45, 7) is 8.34. The lowest BCUT2D eigenvalue weighted by molar-refractivity contribution is -0.119. The maximum absolute atomic E-state index is 12.9. The molecule has 1 atom stereocenters. The van der Waals surface area contributed by atoms with Gasteiger partial charge in [0.05, 0.1) is 22.3 Å². The smallest absolute Gasteiger partial charge is 0.205 e. The van der Waals surface area contributed by atoms with Crippen molar-refractivity contribution in [3.8, 4) is 6.07 Å². The molecule has 2 aliphatic rings. The molecule has 0 fully saturated rings. The summed E-state index contributed by atoms with van der Waals surface area (Å²) < 4.78 is 7.42. The maximum atomic E-state index is 12.9. The third-order valence-corrected chi connectivity index (χ3v) is 5.21. The van der Waals surface area contributed by atoms with Crippen LogP contribution in [0, 0.1) is 23.7 Å². The standard InChI is InChI=1S/C18H21ClN4O2/c1-5-23-16(15(19)9(2)22-23)13-10(8-20)17(21)25-12-7-18(3,4)6-11(24)14(12)13/h13H,5-7,21H2,1-4H3/t13-/m0/s1. The highest BCUT2D eigenvalue weighted by Gasteiger charge is 2.44. The number of ketones is 1. The van der Waals surface area contributed by atoms with Crippen LogP contribution in [0.2, 0.25) is 5.02 Å². The van der Waals surface area contributed by atoms with E-state index in [1.807, 2.05) is 20.8 Å². The Morgan fingerprint density at radius 2 is 2.16 bits per heavy atom. The van der Waals surface area contributed by atoms with Crippen LogP contribution in [0.5, 0.6) is 0 Å². The fourth-order valence-corrected chi connectivity index (χ4v) is 3.90. The summed E-state index contributed by atoms with van der Waals surface area (Å²) in [4.78, 5) is 12.9. The molecule has 0 amide bonds. The molecule has 0 bridgehead atoms. The molecule has 132 valence electrons. The monoisotopic (exact) mass is 360 g/mol. The average Bonchev–Trinajstić information content (AvgIpc) is 2.79. The summed E-state index contributed by atoms with van der Waals surface area (Å²) in [5, 5.41) is 14.5. The summed E-state index contributed by atoms with van der Waals surface area (Å²) in [6, 6.07) is 2.11. The average molecular weight is 361 g/mol. The van der Waals surface area contributed by atoms with Crippen molar-refractivity contribution in [2.45, 2.75) is 53.0 Å². The van der Waals surface area contributed by atoms with E-state index in [1.165, 1.54) is 0 Å². The van der Waals surface area contributed by atoms with Crippen molar-refractivity contribution in [1.29, 1.82) is 5.26 Å². The fraction of sp³-hybridized carbons (Fsp3) is 0.500. The predicted molar refractivity (Wildman–Crippen MR) is 93.3 cm³/mol. The van der Waals surface area contributed by atoms with E-state index in [0.29, 0.717) is 47.1 Å². The topological polar surface area (TPSA) is 93.9 Å². The van der Waals surface area contributed by atoms with Gasteiger partial charge in [0.1, 0.15) is 17.4 Å². The second kappa shape index (κ2) is 5.92.